The van der Waals surface area contributed by atoms with Crippen molar-refractivity contribution >= 4 is 27.5 Å². The molecule has 19 heavy (non-hydrogen) atoms. The van der Waals surface area contributed by atoms with E-state index in [1.54, 1.807) is 0 Å². The highest BCUT2D eigenvalue weighted by atomic mass is 79.9. The van der Waals surface area contributed by atoms with Gasteiger partial charge in [-0.3, -0.25) is 9.58 Å². The Morgan fingerprint density at radius 2 is 2.05 bits per heavy atom. The third kappa shape index (κ3) is 3.73. The van der Waals surface area contributed by atoms with Gasteiger partial charge in [-0.1, -0.05) is 19.3 Å². The van der Waals surface area contributed by atoms with E-state index in [1.807, 2.05) is 18.7 Å². The summed E-state index contributed by atoms with van der Waals surface area (Å²) in [5.74, 6) is 0.699. The van der Waals surface area contributed by atoms with E-state index < -0.39 is 0 Å². The minimum atomic E-state index is 0.689. The second-order valence-corrected chi connectivity index (χ2v) is 6.59. The Kier molecular flexibility index (Phi) is 5.72. The second kappa shape index (κ2) is 7.09. The van der Waals surface area contributed by atoms with Crippen LogP contribution >= 0.6 is 27.5 Å². The lowest BCUT2D eigenvalue weighted by Crippen LogP contribution is -2.38. The standard InChI is InChI=1S/C14H23BrClN3/c1-11-14(15)13(18(2)17-11)10-19(9-8-16)12-6-4-3-5-7-12/h12H,3-10H2,1-2H3. The van der Waals surface area contributed by atoms with Crippen molar-refractivity contribution in [2.75, 3.05) is 12.4 Å². The van der Waals surface area contributed by atoms with Crippen LogP contribution in [0.3, 0.4) is 0 Å². The van der Waals surface area contributed by atoms with Crippen molar-refractivity contribution in [3.05, 3.63) is 15.9 Å². The van der Waals surface area contributed by atoms with E-state index in [0.717, 1.165) is 23.3 Å². The quantitative estimate of drug-likeness (QED) is 0.753. The fourth-order valence-corrected chi connectivity index (χ4v) is 3.67. The lowest BCUT2D eigenvalue weighted by molar-refractivity contribution is 0.153. The molecule has 0 radical (unpaired) electrons. The summed E-state index contributed by atoms with van der Waals surface area (Å²) in [5, 5.41) is 4.48. The van der Waals surface area contributed by atoms with E-state index in [9.17, 15) is 0 Å². The van der Waals surface area contributed by atoms with E-state index in [1.165, 1.54) is 37.8 Å². The Morgan fingerprint density at radius 3 is 2.58 bits per heavy atom. The third-order valence-electron chi connectivity index (χ3n) is 4.08. The first-order valence-electron chi connectivity index (χ1n) is 7.11. The first kappa shape index (κ1) is 15.3. The molecule has 1 heterocycles. The number of rotatable bonds is 5. The molecule has 0 bridgehead atoms. The number of alkyl halides is 1. The largest absolute Gasteiger partial charge is 0.293 e. The Balaban J connectivity index is 2.11. The van der Waals surface area contributed by atoms with Gasteiger partial charge in [0.15, 0.2) is 0 Å². The number of halogens is 2. The van der Waals surface area contributed by atoms with Crippen LogP contribution in [-0.2, 0) is 13.6 Å². The van der Waals surface area contributed by atoms with Gasteiger partial charge in [0.1, 0.15) is 0 Å². The molecule has 0 N–H and O–H groups in total. The fraction of sp³-hybridized carbons (Fsp3) is 0.786. The molecule has 1 fully saturated rings. The van der Waals surface area contributed by atoms with Gasteiger partial charge in [-0.15, -0.1) is 11.6 Å². The molecule has 3 nitrogen and oxygen atoms in total. The van der Waals surface area contributed by atoms with Crippen LogP contribution in [0, 0.1) is 6.92 Å². The van der Waals surface area contributed by atoms with Crippen molar-refractivity contribution in [1.82, 2.24) is 14.7 Å². The van der Waals surface area contributed by atoms with Gasteiger partial charge in [-0.25, -0.2) is 0 Å². The van der Waals surface area contributed by atoms with Crippen molar-refractivity contribution in [2.24, 2.45) is 7.05 Å². The van der Waals surface area contributed by atoms with Crippen LogP contribution in [0.25, 0.3) is 0 Å². The van der Waals surface area contributed by atoms with Crippen molar-refractivity contribution in [1.29, 1.82) is 0 Å². The van der Waals surface area contributed by atoms with E-state index in [4.69, 9.17) is 11.6 Å². The lowest BCUT2D eigenvalue weighted by atomic mass is 9.94. The van der Waals surface area contributed by atoms with Crippen LogP contribution in [0.4, 0.5) is 0 Å². The second-order valence-electron chi connectivity index (χ2n) is 5.42. The zero-order valence-corrected chi connectivity index (χ0v) is 14.2. The molecule has 0 unspecified atom stereocenters. The molecule has 0 amide bonds. The smallest absolute Gasteiger partial charge is 0.0739 e. The molecule has 2 rings (SSSR count). The summed E-state index contributed by atoms with van der Waals surface area (Å²) in [5.41, 5.74) is 2.32. The molecule has 1 aliphatic rings. The highest BCUT2D eigenvalue weighted by molar-refractivity contribution is 9.10. The maximum Gasteiger partial charge on any atom is 0.0739 e. The highest BCUT2D eigenvalue weighted by Crippen LogP contribution is 2.27. The van der Waals surface area contributed by atoms with E-state index in [2.05, 4.69) is 25.9 Å². The van der Waals surface area contributed by atoms with Crippen molar-refractivity contribution < 1.29 is 0 Å². The van der Waals surface area contributed by atoms with Crippen LogP contribution in [0.5, 0.6) is 0 Å². The summed E-state index contributed by atoms with van der Waals surface area (Å²) in [6.45, 7) is 3.94. The summed E-state index contributed by atoms with van der Waals surface area (Å²) < 4.78 is 3.13. The number of aromatic nitrogens is 2. The summed E-state index contributed by atoms with van der Waals surface area (Å²) in [6.07, 6.45) is 6.72. The number of aryl methyl sites for hydroxylation is 2. The van der Waals surface area contributed by atoms with Gasteiger partial charge in [0, 0.05) is 32.1 Å². The van der Waals surface area contributed by atoms with Gasteiger partial charge in [0.2, 0.25) is 0 Å². The molecule has 0 saturated heterocycles. The van der Waals surface area contributed by atoms with E-state index in [-0.39, 0.29) is 0 Å². The van der Waals surface area contributed by atoms with Crippen molar-refractivity contribution in [3.63, 3.8) is 0 Å². The predicted octanol–water partition coefficient (Wildman–Crippen LogP) is 3.86. The van der Waals surface area contributed by atoms with E-state index >= 15 is 0 Å². The van der Waals surface area contributed by atoms with Gasteiger partial charge in [-0.05, 0) is 35.7 Å². The van der Waals surface area contributed by atoms with Crippen LogP contribution in [0.15, 0.2) is 4.47 Å². The minimum Gasteiger partial charge on any atom is -0.293 e. The topological polar surface area (TPSA) is 21.1 Å². The average Bonchev–Trinajstić information content (AvgIpc) is 2.65. The Labute approximate surface area is 129 Å². The third-order valence-corrected chi connectivity index (χ3v) is 5.28. The normalized spacial score (nSPS) is 17.3. The summed E-state index contributed by atoms with van der Waals surface area (Å²) in [4.78, 5) is 2.54. The first-order valence-corrected chi connectivity index (χ1v) is 8.44. The number of hydrogen-bond donors (Lipinski definition) is 0. The Morgan fingerprint density at radius 1 is 1.37 bits per heavy atom. The predicted molar refractivity (Wildman–Crippen MR) is 83.6 cm³/mol. The molecule has 5 heteroatoms. The SMILES string of the molecule is Cc1nn(C)c(CN(CCCl)C2CCCCC2)c1Br. The summed E-state index contributed by atoms with van der Waals surface area (Å²) >= 11 is 9.65. The van der Waals surface area contributed by atoms with Gasteiger partial charge >= 0.3 is 0 Å². The maximum atomic E-state index is 5.99. The van der Waals surface area contributed by atoms with Gasteiger partial charge in [-0.2, -0.15) is 5.10 Å². The first-order chi connectivity index (χ1) is 9.13. The maximum absolute atomic E-state index is 5.99. The zero-order valence-electron chi connectivity index (χ0n) is 11.8. The lowest BCUT2D eigenvalue weighted by Gasteiger charge is -2.34. The summed E-state index contributed by atoms with van der Waals surface area (Å²) in [6, 6.07) is 0.689. The summed E-state index contributed by atoms with van der Waals surface area (Å²) in [7, 11) is 2.02. The van der Waals surface area contributed by atoms with Crippen molar-refractivity contribution in [3.8, 4) is 0 Å². The molecular formula is C14H23BrClN3. The molecule has 0 aromatic carbocycles. The zero-order chi connectivity index (χ0) is 13.8. The van der Waals surface area contributed by atoms with Gasteiger partial charge < -0.3 is 0 Å². The molecular weight excluding hydrogens is 326 g/mol. The van der Waals surface area contributed by atoms with Gasteiger partial charge in [0.05, 0.1) is 15.9 Å². The van der Waals surface area contributed by atoms with Crippen LogP contribution in [0.2, 0.25) is 0 Å². The van der Waals surface area contributed by atoms with E-state index in [0.29, 0.717) is 11.9 Å². The molecule has 1 saturated carbocycles. The molecule has 1 aliphatic carbocycles. The molecule has 0 atom stereocenters. The number of hydrogen-bond acceptors (Lipinski definition) is 2. The molecule has 1 aromatic rings. The van der Waals surface area contributed by atoms with Crippen LogP contribution in [-0.4, -0.2) is 33.1 Å². The minimum absolute atomic E-state index is 0.689. The number of nitrogens with zero attached hydrogens (tertiary/aromatic N) is 3. The van der Waals surface area contributed by atoms with Crippen molar-refractivity contribution in [2.45, 2.75) is 51.6 Å². The molecule has 0 aliphatic heterocycles. The molecule has 0 spiro atoms. The van der Waals surface area contributed by atoms with Crippen LogP contribution < -0.4 is 0 Å². The highest BCUT2D eigenvalue weighted by Gasteiger charge is 2.23. The fourth-order valence-electron chi connectivity index (χ4n) is 2.99. The molecule has 108 valence electrons. The Bertz CT molecular complexity index is 413. The average molecular weight is 349 g/mol. The Hall–Kier alpha value is -0.0600. The monoisotopic (exact) mass is 347 g/mol. The molecule has 1 aromatic heterocycles. The van der Waals surface area contributed by atoms with Gasteiger partial charge in [0.25, 0.3) is 0 Å². The van der Waals surface area contributed by atoms with Crippen LogP contribution in [0.1, 0.15) is 43.5 Å².